The lowest BCUT2D eigenvalue weighted by atomic mass is 9.73. The van der Waals surface area contributed by atoms with Crippen molar-refractivity contribution in [1.29, 1.82) is 0 Å². The largest absolute Gasteiger partial charge is 0.369 e. The molecule has 2 aromatic rings. The van der Waals surface area contributed by atoms with Gasteiger partial charge in [0.25, 0.3) is 0 Å². The summed E-state index contributed by atoms with van der Waals surface area (Å²) in [4.78, 5) is 15.0. The SMILES string of the molecule is CC(C)N(CCC(CCn1cccc1)(C(N)=O)c1ccccc1F)C(C)C. The Hall–Kier alpha value is -2.14. The minimum absolute atomic E-state index is 0.334. The molecule has 1 amide bonds. The molecule has 1 heterocycles. The fraction of sp³-hybridized carbons (Fsp3) is 0.500. The number of nitrogens with zero attached hydrogens (tertiary/aromatic N) is 2. The predicted molar refractivity (Wildman–Crippen MR) is 108 cm³/mol. The van der Waals surface area contributed by atoms with Gasteiger partial charge in [0.15, 0.2) is 0 Å². The Kier molecular flexibility index (Phi) is 7.19. The van der Waals surface area contributed by atoms with Crippen molar-refractivity contribution in [3.63, 3.8) is 0 Å². The van der Waals surface area contributed by atoms with Crippen LogP contribution in [0.3, 0.4) is 0 Å². The van der Waals surface area contributed by atoms with Crippen LogP contribution in [-0.4, -0.2) is 34.0 Å². The third kappa shape index (κ3) is 4.98. The van der Waals surface area contributed by atoms with Crippen LogP contribution in [0.4, 0.5) is 4.39 Å². The van der Waals surface area contributed by atoms with E-state index in [-0.39, 0.29) is 5.82 Å². The van der Waals surface area contributed by atoms with Gasteiger partial charge < -0.3 is 10.3 Å². The van der Waals surface area contributed by atoms with Crippen molar-refractivity contribution in [2.75, 3.05) is 6.54 Å². The summed E-state index contributed by atoms with van der Waals surface area (Å²) < 4.78 is 16.7. The Labute approximate surface area is 162 Å². The van der Waals surface area contributed by atoms with E-state index >= 15 is 0 Å². The van der Waals surface area contributed by atoms with Gasteiger partial charge in [0, 0.05) is 43.1 Å². The molecule has 0 aliphatic rings. The first-order valence-electron chi connectivity index (χ1n) is 9.69. The highest BCUT2D eigenvalue weighted by Gasteiger charge is 2.40. The lowest BCUT2D eigenvalue weighted by Gasteiger charge is -2.37. The quantitative estimate of drug-likeness (QED) is 0.686. The monoisotopic (exact) mass is 373 g/mol. The molecule has 0 radical (unpaired) electrons. The minimum atomic E-state index is -1.04. The van der Waals surface area contributed by atoms with E-state index in [4.69, 9.17) is 5.73 Å². The Morgan fingerprint density at radius 3 is 2.19 bits per heavy atom. The highest BCUT2D eigenvalue weighted by atomic mass is 19.1. The van der Waals surface area contributed by atoms with Crippen LogP contribution in [0, 0.1) is 5.82 Å². The minimum Gasteiger partial charge on any atom is -0.369 e. The van der Waals surface area contributed by atoms with Crippen LogP contribution >= 0.6 is 0 Å². The molecule has 1 unspecified atom stereocenters. The number of aromatic nitrogens is 1. The van der Waals surface area contributed by atoms with E-state index < -0.39 is 11.3 Å². The van der Waals surface area contributed by atoms with E-state index in [1.54, 1.807) is 18.2 Å². The third-order valence-corrected chi connectivity index (χ3v) is 5.45. The lowest BCUT2D eigenvalue weighted by molar-refractivity contribution is -0.124. The van der Waals surface area contributed by atoms with E-state index in [1.807, 2.05) is 29.1 Å². The summed E-state index contributed by atoms with van der Waals surface area (Å²) >= 11 is 0. The van der Waals surface area contributed by atoms with E-state index in [9.17, 15) is 9.18 Å². The number of primary amides is 1. The van der Waals surface area contributed by atoms with Gasteiger partial charge in [-0.2, -0.15) is 0 Å². The normalized spacial score (nSPS) is 14.1. The van der Waals surface area contributed by atoms with E-state index in [0.29, 0.717) is 43.6 Å². The number of hydrogen-bond acceptors (Lipinski definition) is 2. The van der Waals surface area contributed by atoms with Crippen LogP contribution in [0.25, 0.3) is 0 Å². The molecule has 5 heteroatoms. The molecule has 4 nitrogen and oxygen atoms in total. The van der Waals surface area contributed by atoms with E-state index in [2.05, 4.69) is 32.6 Å². The molecule has 0 bridgehead atoms. The van der Waals surface area contributed by atoms with Gasteiger partial charge in [-0.3, -0.25) is 9.69 Å². The Morgan fingerprint density at radius 2 is 1.67 bits per heavy atom. The summed E-state index contributed by atoms with van der Waals surface area (Å²) in [5.41, 5.74) is 5.27. The van der Waals surface area contributed by atoms with Gasteiger partial charge in [-0.1, -0.05) is 18.2 Å². The topological polar surface area (TPSA) is 51.3 Å². The Morgan fingerprint density at radius 1 is 1.07 bits per heavy atom. The molecule has 0 saturated carbocycles. The second-order valence-electron chi connectivity index (χ2n) is 7.77. The zero-order valence-corrected chi connectivity index (χ0v) is 16.9. The van der Waals surface area contributed by atoms with Gasteiger partial charge in [-0.05, 0) is 58.7 Å². The summed E-state index contributed by atoms with van der Waals surface area (Å²) in [6.45, 7) is 9.82. The van der Waals surface area contributed by atoms with Gasteiger partial charge >= 0.3 is 0 Å². The van der Waals surface area contributed by atoms with E-state index in [0.717, 1.165) is 0 Å². The number of halogens is 1. The lowest BCUT2D eigenvalue weighted by Crippen LogP contribution is -2.47. The maximum Gasteiger partial charge on any atom is 0.228 e. The van der Waals surface area contributed by atoms with Crippen molar-refractivity contribution in [2.24, 2.45) is 5.73 Å². The van der Waals surface area contributed by atoms with E-state index in [1.165, 1.54) is 6.07 Å². The average molecular weight is 374 g/mol. The molecule has 2 rings (SSSR count). The van der Waals surface area contributed by atoms with Crippen LogP contribution in [0.1, 0.15) is 46.1 Å². The van der Waals surface area contributed by atoms with Gasteiger partial charge in [0.2, 0.25) is 5.91 Å². The molecule has 27 heavy (non-hydrogen) atoms. The summed E-state index contributed by atoms with van der Waals surface area (Å²) in [6.07, 6.45) is 4.84. The molecule has 1 aromatic carbocycles. The molecule has 0 fully saturated rings. The number of aryl methyl sites for hydroxylation is 1. The van der Waals surface area contributed by atoms with Gasteiger partial charge in [-0.15, -0.1) is 0 Å². The second-order valence-corrected chi connectivity index (χ2v) is 7.77. The summed E-state index contributed by atoms with van der Waals surface area (Å²) in [7, 11) is 0. The van der Waals surface area contributed by atoms with Crippen LogP contribution < -0.4 is 5.73 Å². The molecule has 0 spiro atoms. The fourth-order valence-electron chi connectivity index (χ4n) is 3.89. The van der Waals surface area contributed by atoms with Crippen LogP contribution in [0.2, 0.25) is 0 Å². The standard InChI is InChI=1S/C22H32FN3O/c1-17(2)26(18(3)4)16-12-22(21(24)27,11-15-25-13-7-8-14-25)19-9-5-6-10-20(19)23/h5-10,13-14,17-18H,11-12,15-16H2,1-4H3,(H2,24,27). The predicted octanol–water partition coefficient (Wildman–Crippen LogP) is 3.95. The fourth-order valence-corrected chi connectivity index (χ4v) is 3.89. The number of nitrogens with two attached hydrogens (primary N) is 1. The van der Waals surface area contributed by atoms with Gasteiger partial charge in [0.05, 0.1) is 5.41 Å². The first-order valence-corrected chi connectivity index (χ1v) is 9.69. The molecule has 0 aliphatic carbocycles. The zero-order valence-electron chi connectivity index (χ0n) is 16.9. The molecule has 0 aliphatic heterocycles. The summed E-state index contributed by atoms with van der Waals surface area (Å²) in [5, 5.41) is 0. The summed E-state index contributed by atoms with van der Waals surface area (Å²) in [6, 6.07) is 11.1. The second kappa shape index (κ2) is 9.18. The van der Waals surface area contributed by atoms with Crippen LogP contribution in [-0.2, 0) is 16.8 Å². The zero-order chi connectivity index (χ0) is 20.0. The number of hydrogen-bond donors (Lipinski definition) is 1. The van der Waals surface area contributed by atoms with Gasteiger partial charge in [0.1, 0.15) is 5.82 Å². The van der Waals surface area contributed by atoms with Gasteiger partial charge in [-0.25, -0.2) is 4.39 Å². The van der Waals surface area contributed by atoms with Crippen molar-refractivity contribution in [3.8, 4) is 0 Å². The molecular weight excluding hydrogens is 341 g/mol. The number of rotatable bonds is 10. The van der Waals surface area contributed by atoms with Crippen molar-refractivity contribution in [3.05, 3.63) is 60.2 Å². The Bertz CT molecular complexity index is 719. The maximum absolute atomic E-state index is 14.7. The Balaban J connectivity index is 2.38. The maximum atomic E-state index is 14.7. The first-order chi connectivity index (χ1) is 12.8. The first kappa shape index (κ1) is 21.2. The van der Waals surface area contributed by atoms with Crippen molar-refractivity contribution >= 4 is 5.91 Å². The van der Waals surface area contributed by atoms with Crippen LogP contribution in [0.5, 0.6) is 0 Å². The molecule has 148 valence electrons. The van der Waals surface area contributed by atoms with Crippen molar-refractivity contribution < 1.29 is 9.18 Å². The van der Waals surface area contributed by atoms with Crippen LogP contribution in [0.15, 0.2) is 48.8 Å². The number of carbonyl (C=O) groups is 1. The van der Waals surface area contributed by atoms with Crippen molar-refractivity contribution in [2.45, 2.75) is 64.6 Å². The smallest absolute Gasteiger partial charge is 0.228 e. The summed E-state index contributed by atoms with van der Waals surface area (Å²) in [5.74, 6) is -0.836. The highest BCUT2D eigenvalue weighted by molar-refractivity contribution is 5.86. The molecule has 2 N–H and O–H groups in total. The third-order valence-electron chi connectivity index (χ3n) is 5.45. The molecule has 1 atom stereocenters. The molecular formula is C22H32FN3O. The number of carbonyl (C=O) groups excluding carboxylic acids is 1. The number of amides is 1. The highest BCUT2D eigenvalue weighted by Crippen LogP contribution is 2.35. The molecule has 0 saturated heterocycles. The average Bonchev–Trinajstić information content (AvgIpc) is 3.11. The van der Waals surface area contributed by atoms with Crippen molar-refractivity contribution in [1.82, 2.24) is 9.47 Å². The molecule has 1 aromatic heterocycles. The number of benzene rings is 1.